The highest BCUT2D eigenvalue weighted by Gasteiger charge is 2.21. The number of halogens is 1. The van der Waals surface area contributed by atoms with Crippen LogP contribution in [0.15, 0.2) is 12.1 Å². The predicted molar refractivity (Wildman–Crippen MR) is 143 cm³/mol. The Labute approximate surface area is 213 Å². The zero-order valence-electron chi connectivity index (χ0n) is 22.9. The van der Waals surface area contributed by atoms with Gasteiger partial charge in [0.2, 0.25) is 0 Å². The van der Waals surface area contributed by atoms with E-state index in [-0.39, 0.29) is 6.29 Å². The van der Waals surface area contributed by atoms with Gasteiger partial charge in [-0.2, -0.15) is 0 Å². The van der Waals surface area contributed by atoms with Gasteiger partial charge >= 0.3 is 0 Å². The van der Waals surface area contributed by atoms with E-state index in [1.54, 1.807) is 21.3 Å². The van der Waals surface area contributed by atoms with Gasteiger partial charge in [-0.15, -0.1) is 0 Å². The van der Waals surface area contributed by atoms with Gasteiger partial charge in [0.15, 0.2) is 6.29 Å². The number of methoxy groups -OCH3 is 3. The Morgan fingerprint density at radius 2 is 1.68 bits per heavy atom. The number of piperidine rings is 1. The van der Waals surface area contributed by atoms with E-state index in [0.717, 1.165) is 70.6 Å². The smallest absolute Gasteiger partial charge is 0.156 e. The van der Waals surface area contributed by atoms with E-state index in [4.69, 9.17) is 30.5 Å². The van der Waals surface area contributed by atoms with Crippen molar-refractivity contribution >= 4 is 17.3 Å². The minimum atomic E-state index is -0.0931. The Bertz CT molecular complexity index is 595. The molecule has 0 aliphatic carbocycles. The van der Waals surface area contributed by atoms with Gasteiger partial charge in [-0.05, 0) is 71.0 Å². The molecule has 0 saturated carbocycles. The third-order valence-corrected chi connectivity index (χ3v) is 5.76. The largest absolute Gasteiger partial charge is 0.382 e. The van der Waals surface area contributed by atoms with E-state index in [1.807, 2.05) is 40.8 Å². The summed E-state index contributed by atoms with van der Waals surface area (Å²) in [4.78, 5) is 6.90. The number of hydrogen-bond acceptors (Lipinski definition) is 7. The van der Waals surface area contributed by atoms with Crippen LogP contribution in [-0.4, -0.2) is 72.1 Å². The summed E-state index contributed by atoms with van der Waals surface area (Å²) in [7, 11) is 6.99. The Hall–Kier alpha value is -0.960. The summed E-state index contributed by atoms with van der Waals surface area (Å²) >= 11 is 6.05. The maximum Gasteiger partial charge on any atom is 0.156 e. The lowest BCUT2D eigenvalue weighted by molar-refractivity contribution is -0.107. The Morgan fingerprint density at radius 3 is 2.21 bits per heavy atom. The van der Waals surface area contributed by atoms with E-state index in [2.05, 4.69) is 21.3 Å². The molecule has 1 aromatic heterocycles. The van der Waals surface area contributed by atoms with Crippen LogP contribution in [0.3, 0.4) is 0 Å². The number of unbranched alkanes of at least 4 members (excludes halogenated alkanes) is 1. The van der Waals surface area contributed by atoms with E-state index in [0.29, 0.717) is 17.2 Å². The molecule has 7 nitrogen and oxygen atoms in total. The summed E-state index contributed by atoms with van der Waals surface area (Å²) in [5.74, 6) is 0.639. The summed E-state index contributed by atoms with van der Waals surface area (Å²) in [6, 6.07) is 3.97. The van der Waals surface area contributed by atoms with Crippen molar-refractivity contribution in [3.05, 3.63) is 23.0 Å². The molecule has 0 unspecified atom stereocenters. The minimum absolute atomic E-state index is 0.0931. The molecule has 0 aromatic carbocycles. The lowest BCUT2D eigenvalue weighted by atomic mass is 9.97. The molecule has 200 valence electrons. The first-order valence-electron chi connectivity index (χ1n) is 12.7. The van der Waals surface area contributed by atoms with Gasteiger partial charge in [0, 0.05) is 54.2 Å². The number of pyridine rings is 1. The summed E-state index contributed by atoms with van der Waals surface area (Å²) in [6.07, 6.45) is 5.61. The number of hydrogen-bond donors (Lipinski definition) is 1. The Morgan fingerprint density at radius 1 is 1.06 bits per heavy atom. The molecule has 0 bridgehead atoms. The van der Waals surface area contributed by atoms with Crippen LogP contribution in [0, 0.1) is 5.92 Å². The topological polar surface area (TPSA) is 65.1 Å². The van der Waals surface area contributed by atoms with Crippen LogP contribution >= 0.6 is 11.6 Å². The summed E-state index contributed by atoms with van der Waals surface area (Å²) in [6.45, 7) is 12.5. The second kappa shape index (κ2) is 21.3. The monoisotopic (exact) mass is 503 g/mol. The highest BCUT2D eigenvalue weighted by molar-refractivity contribution is 6.29. The molecule has 1 N–H and O–H groups in total. The number of nitrogens with one attached hydrogen (secondary N) is 1. The number of nitrogens with zero attached hydrogens (tertiary/aromatic N) is 2. The second-order valence-corrected chi connectivity index (χ2v) is 8.70. The molecule has 1 aromatic rings. The minimum Gasteiger partial charge on any atom is -0.382 e. The first-order chi connectivity index (χ1) is 16.4. The molecule has 1 aliphatic rings. The second-order valence-electron chi connectivity index (χ2n) is 8.32. The first kappa shape index (κ1) is 33.0. The van der Waals surface area contributed by atoms with Gasteiger partial charge in [-0.1, -0.05) is 25.4 Å². The van der Waals surface area contributed by atoms with Crippen molar-refractivity contribution in [3.8, 4) is 0 Å². The molecule has 2 rings (SSSR count). The van der Waals surface area contributed by atoms with Crippen molar-refractivity contribution in [2.45, 2.75) is 78.7 Å². The van der Waals surface area contributed by atoms with Gasteiger partial charge in [-0.3, -0.25) is 0 Å². The number of ether oxygens (including phenoxy) is 4. The van der Waals surface area contributed by atoms with Crippen molar-refractivity contribution in [1.29, 1.82) is 0 Å². The highest BCUT2D eigenvalue weighted by atomic mass is 35.5. The molecule has 34 heavy (non-hydrogen) atoms. The lowest BCUT2D eigenvalue weighted by Crippen LogP contribution is -2.36. The summed E-state index contributed by atoms with van der Waals surface area (Å²) < 4.78 is 21.0. The first-order valence-corrected chi connectivity index (χ1v) is 13.0. The molecular weight excluding hydrogens is 454 g/mol. The van der Waals surface area contributed by atoms with Gasteiger partial charge in [0.05, 0.1) is 17.5 Å². The number of rotatable bonds is 13. The normalized spacial score (nSPS) is 14.0. The molecule has 1 saturated heterocycles. The van der Waals surface area contributed by atoms with Crippen molar-refractivity contribution in [1.82, 2.24) is 10.3 Å². The summed E-state index contributed by atoms with van der Waals surface area (Å²) in [5, 5.41) is 3.73. The fourth-order valence-electron chi connectivity index (χ4n) is 3.49. The van der Waals surface area contributed by atoms with Crippen molar-refractivity contribution < 1.29 is 18.9 Å². The predicted octanol–water partition coefficient (Wildman–Crippen LogP) is 5.54. The van der Waals surface area contributed by atoms with Gasteiger partial charge in [0.1, 0.15) is 5.15 Å². The standard InChI is InChI=1S/C20H34ClN3O3.C4H10O.C2H6/c1-22-14-17-18(7-8-19(21)23-17)24-11-9-16(10-12-24)15-27-13-5-4-6-20(25-2)26-3;1-4(2)5-3;1-2/h7-8,16,20,22H,4-6,9-15H2,1-3H3;4H,1-3H3;1-2H3. The van der Waals surface area contributed by atoms with Crippen LogP contribution in [0.1, 0.15) is 65.5 Å². The number of aromatic nitrogens is 1. The maximum absolute atomic E-state index is 6.05. The SMILES string of the molecule is CC.CNCc1nc(Cl)ccc1N1CCC(COCCCCC(OC)OC)CC1.COC(C)C. The Balaban J connectivity index is 0.00000138. The molecule has 2 heterocycles. The highest BCUT2D eigenvalue weighted by Crippen LogP contribution is 2.27. The molecule has 0 radical (unpaired) electrons. The summed E-state index contributed by atoms with van der Waals surface area (Å²) in [5.41, 5.74) is 2.21. The third kappa shape index (κ3) is 14.4. The molecule has 1 fully saturated rings. The molecule has 1 aliphatic heterocycles. The van der Waals surface area contributed by atoms with E-state index < -0.39 is 0 Å². The average molecular weight is 504 g/mol. The third-order valence-electron chi connectivity index (χ3n) is 5.54. The fraction of sp³-hybridized carbons (Fsp3) is 0.808. The van der Waals surface area contributed by atoms with E-state index in [1.165, 1.54) is 5.69 Å². The molecule has 0 spiro atoms. The Kier molecular flexibility index (Phi) is 20.7. The van der Waals surface area contributed by atoms with Gasteiger partial charge in [0.25, 0.3) is 0 Å². The number of anilines is 1. The fourth-order valence-corrected chi connectivity index (χ4v) is 3.66. The van der Waals surface area contributed by atoms with Crippen LogP contribution in [0.5, 0.6) is 0 Å². The quantitative estimate of drug-likeness (QED) is 0.215. The molecule has 8 heteroatoms. The van der Waals surface area contributed by atoms with Crippen LogP contribution in [0.2, 0.25) is 5.15 Å². The maximum atomic E-state index is 6.05. The molecular formula is C26H50ClN3O4. The average Bonchev–Trinajstić information content (AvgIpc) is 2.86. The zero-order chi connectivity index (χ0) is 25.8. The van der Waals surface area contributed by atoms with Crippen LogP contribution in [0.4, 0.5) is 5.69 Å². The van der Waals surface area contributed by atoms with Crippen LogP contribution < -0.4 is 10.2 Å². The van der Waals surface area contributed by atoms with Crippen LogP contribution in [-0.2, 0) is 25.5 Å². The van der Waals surface area contributed by atoms with Crippen molar-refractivity contribution in [2.24, 2.45) is 5.92 Å². The van der Waals surface area contributed by atoms with Crippen molar-refractivity contribution in [2.75, 3.05) is 59.6 Å². The van der Waals surface area contributed by atoms with E-state index >= 15 is 0 Å². The van der Waals surface area contributed by atoms with Gasteiger partial charge < -0.3 is 29.2 Å². The molecule has 0 atom stereocenters. The van der Waals surface area contributed by atoms with Crippen LogP contribution in [0.25, 0.3) is 0 Å². The van der Waals surface area contributed by atoms with Gasteiger partial charge in [-0.25, -0.2) is 4.98 Å². The molecule has 0 amide bonds. The zero-order valence-corrected chi connectivity index (χ0v) is 23.6. The van der Waals surface area contributed by atoms with Crippen molar-refractivity contribution in [3.63, 3.8) is 0 Å². The lowest BCUT2D eigenvalue weighted by Gasteiger charge is -2.34. The van der Waals surface area contributed by atoms with E-state index in [9.17, 15) is 0 Å².